The number of methoxy groups -OCH3 is 1. The van der Waals surface area contributed by atoms with Gasteiger partial charge in [0, 0.05) is 26.6 Å². The quantitative estimate of drug-likeness (QED) is 0.622. The van der Waals surface area contributed by atoms with E-state index in [0.717, 1.165) is 19.4 Å². The van der Waals surface area contributed by atoms with E-state index in [1.54, 1.807) is 7.11 Å². The monoisotopic (exact) mass is 239 g/mol. The van der Waals surface area contributed by atoms with Crippen LogP contribution in [-0.2, 0) is 9.53 Å². The molecule has 96 valence electrons. The molecule has 0 atom stereocenters. The fourth-order valence-electron chi connectivity index (χ4n) is 1.96. The normalized spacial score (nSPS) is 16.6. The lowest BCUT2D eigenvalue weighted by Crippen LogP contribution is -2.38. The Morgan fingerprint density at radius 3 is 2.82 bits per heavy atom. The first-order valence-electron chi connectivity index (χ1n) is 5.93. The largest absolute Gasteiger partial charge is 0.383 e. The molecule has 0 heterocycles. The van der Waals surface area contributed by atoms with Gasteiger partial charge in [0.25, 0.3) is 0 Å². The molecule has 1 amide bonds. The van der Waals surface area contributed by atoms with Crippen LogP contribution in [0.4, 0.5) is 0 Å². The lowest BCUT2D eigenvalue weighted by Gasteiger charge is -2.21. The number of amides is 1. The summed E-state index contributed by atoms with van der Waals surface area (Å²) in [5.74, 6) is 0.0114. The summed E-state index contributed by atoms with van der Waals surface area (Å²) in [7, 11) is 3.53. The summed E-state index contributed by atoms with van der Waals surface area (Å²) < 4.78 is 4.86. The first-order valence-corrected chi connectivity index (χ1v) is 5.93. The highest BCUT2D eigenvalue weighted by molar-refractivity contribution is 5.77. The molecule has 0 unspecified atom stereocenters. The highest BCUT2D eigenvalue weighted by Crippen LogP contribution is 2.48. The first kappa shape index (κ1) is 13.9. The van der Waals surface area contributed by atoms with Gasteiger partial charge in [0.2, 0.25) is 5.91 Å². The number of nitrogens with one attached hydrogen (secondary N) is 1. The van der Waals surface area contributed by atoms with Crippen molar-refractivity contribution in [2.75, 3.05) is 40.4 Å². The predicted octanol–water partition coefficient (Wildman–Crippen LogP) is 0.375. The maximum Gasteiger partial charge on any atom is 0.234 e. The van der Waals surface area contributed by atoms with Crippen molar-refractivity contribution < 1.29 is 9.53 Å². The Balaban J connectivity index is 2.18. The van der Waals surface area contributed by atoms with Gasteiger partial charge in [0.15, 0.2) is 0 Å². The van der Waals surface area contributed by atoms with Crippen LogP contribution in [0.25, 0.3) is 0 Å². The number of carbonyl (C=O) groups is 1. The van der Waals surface area contributed by atoms with Crippen LogP contribution >= 0.6 is 0 Å². The van der Waals surface area contributed by atoms with E-state index in [0.29, 0.717) is 26.1 Å². The van der Waals surface area contributed by atoms with E-state index < -0.39 is 0 Å². The van der Waals surface area contributed by atoms with Crippen molar-refractivity contribution in [2.45, 2.75) is 19.3 Å². The minimum atomic E-state index is 0.0114. The third kappa shape index (κ3) is 5.16. The van der Waals surface area contributed by atoms with Crippen LogP contribution in [0.3, 0.4) is 0 Å². The third-order valence-corrected chi connectivity index (χ3v) is 3.06. The van der Waals surface area contributed by atoms with Crippen molar-refractivity contribution in [1.82, 2.24) is 10.2 Å². The second-order valence-electron chi connectivity index (χ2n) is 4.85. The molecule has 17 heavy (non-hydrogen) atoms. The number of likely N-dealkylation sites (N-methyl/N-ethyl adjacent to an activating group) is 1. The summed E-state index contributed by atoms with van der Waals surface area (Å²) in [6.45, 7) is 2.30. The zero-order valence-electron chi connectivity index (χ0n) is 10.7. The molecule has 0 aromatic heterocycles. The third-order valence-electron chi connectivity index (χ3n) is 3.06. The van der Waals surface area contributed by atoms with Gasteiger partial charge < -0.3 is 10.1 Å². The van der Waals surface area contributed by atoms with Crippen molar-refractivity contribution >= 4 is 5.91 Å². The van der Waals surface area contributed by atoms with Crippen LogP contribution in [0, 0.1) is 16.7 Å². The molecule has 1 fully saturated rings. The minimum absolute atomic E-state index is 0.0114. The van der Waals surface area contributed by atoms with Crippen molar-refractivity contribution in [3.05, 3.63) is 0 Å². The van der Waals surface area contributed by atoms with E-state index in [-0.39, 0.29) is 11.3 Å². The molecule has 0 aromatic carbocycles. The van der Waals surface area contributed by atoms with Crippen LogP contribution < -0.4 is 5.32 Å². The van der Waals surface area contributed by atoms with E-state index in [9.17, 15) is 4.79 Å². The van der Waals surface area contributed by atoms with Gasteiger partial charge in [0.1, 0.15) is 0 Å². The zero-order valence-corrected chi connectivity index (χ0v) is 10.7. The number of hydrogen-bond donors (Lipinski definition) is 1. The molecular formula is C12H21N3O2. The SMILES string of the molecule is COCCNC(=O)CN(C)CC1(CC#N)CC1. The molecule has 1 rings (SSSR count). The summed E-state index contributed by atoms with van der Waals surface area (Å²) in [6.07, 6.45) is 2.81. The number of nitrogens with zero attached hydrogens (tertiary/aromatic N) is 2. The smallest absolute Gasteiger partial charge is 0.234 e. The summed E-state index contributed by atoms with van der Waals surface area (Å²) in [5, 5.41) is 11.5. The Morgan fingerprint density at radius 1 is 1.59 bits per heavy atom. The average Bonchev–Trinajstić information content (AvgIpc) is 2.98. The van der Waals surface area contributed by atoms with Gasteiger partial charge in [-0.1, -0.05) is 0 Å². The van der Waals surface area contributed by atoms with E-state index in [2.05, 4.69) is 11.4 Å². The van der Waals surface area contributed by atoms with E-state index in [1.807, 2.05) is 11.9 Å². The lowest BCUT2D eigenvalue weighted by atomic mass is 10.0. The molecule has 0 aromatic rings. The number of carbonyl (C=O) groups excluding carboxylic acids is 1. The Morgan fingerprint density at radius 2 is 2.29 bits per heavy atom. The molecule has 0 radical (unpaired) electrons. The van der Waals surface area contributed by atoms with Crippen molar-refractivity contribution in [1.29, 1.82) is 5.26 Å². The molecule has 5 nitrogen and oxygen atoms in total. The zero-order chi connectivity index (χ0) is 12.7. The number of hydrogen-bond acceptors (Lipinski definition) is 4. The maximum atomic E-state index is 11.5. The maximum absolute atomic E-state index is 11.5. The van der Waals surface area contributed by atoms with Gasteiger partial charge in [0.05, 0.1) is 19.2 Å². The van der Waals surface area contributed by atoms with Gasteiger partial charge in [-0.2, -0.15) is 5.26 Å². The van der Waals surface area contributed by atoms with Crippen LogP contribution in [0.5, 0.6) is 0 Å². The van der Waals surface area contributed by atoms with Gasteiger partial charge in [-0.3, -0.25) is 9.69 Å². The van der Waals surface area contributed by atoms with Gasteiger partial charge >= 0.3 is 0 Å². The summed E-state index contributed by atoms with van der Waals surface area (Å²) >= 11 is 0. The molecule has 0 saturated heterocycles. The highest BCUT2D eigenvalue weighted by atomic mass is 16.5. The van der Waals surface area contributed by atoms with Crippen LogP contribution in [-0.4, -0.2) is 51.2 Å². The van der Waals surface area contributed by atoms with Gasteiger partial charge in [-0.05, 0) is 25.3 Å². The second kappa shape index (κ2) is 6.58. The van der Waals surface area contributed by atoms with Crippen molar-refractivity contribution in [3.63, 3.8) is 0 Å². The Bertz CT molecular complexity index is 295. The Hall–Kier alpha value is -1.12. The van der Waals surface area contributed by atoms with E-state index in [1.165, 1.54) is 0 Å². The molecule has 0 bridgehead atoms. The van der Waals surface area contributed by atoms with Crippen LogP contribution in [0.15, 0.2) is 0 Å². The highest BCUT2D eigenvalue weighted by Gasteiger charge is 2.43. The predicted molar refractivity (Wildman–Crippen MR) is 64.3 cm³/mol. The molecule has 1 aliphatic carbocycles. The summed E-state index contributed by atoms with van der Waals surface area (Å²) in [5.41, 5.74) is 0.163. The number of nitriles is 1. The van der Waals surface area contributed by atoms with Gasteiger partial charge in [-0.15, -0.1) is 0 Å². The molecule has 1 saturated carbocycles. The lowest BCUT2D eigenvalue weighted by molar-refractivity contribution is -0.122. The van der Waals surface area contributed by atoms with Gasteiger partial charge in [-0.25, -0.2) is 0 Å². The van der Waals surface area contributed by atoms with Crippen molar-refractivity contribution in [3.8, 4) is 6.07 Å². The molecule has 0 spiro atoms. The molecule has 0 aliphatic heterocycles. The number of ether oxygens (including phenoxy) is 1. The first-order chi connectivity index (χ1) is 8.12. The van der Waals surface area contributed by atoms with Crippen LogP contribution in [0.1, 0.15) is 19.3 Å². The van der Waals surface area contributed by atoms with Crippen LogP contribution in [0.2, 0.25) is 0 Å². The van der Waals surface area contributed by atoms with E-state index in [4.69, 9.17) is 10.00 Å². The molecule has 1 aliphatic rings. The second-order valence-corrected chi connectivity index (χ2v) is 4.85. The number of rotatable bonds is 8. The fourth-order valence-corrected chi connectivity index (χ4v) is 1.96. The fraction of sp³-hybridized carbons (Fsp3) is 0.833. The average molecular weight is 239 g/mol. The molecule has 1 N–H and O–H groups in total. The Kier molecular flexibility index (Phi) is 5.39. The Labute approximate surface area is 103 Å². The molecule has 5 heteroatoms. The minimum Gasteiger partial charge on any atom is -0.383 e. The summed E-state index contributed by atoms with van der Waals surface area (Å²) in [4.78, 5) is 13.5. The summed E-state index contributed by atoms with van der Waals surface area (Å²) in [6, 6.07) is 2.23. The molecular weight excluding hydrogens is 218 g/mol. The van der Waals surface area contributed by atoms with Crippen molar-refractivity contribution in [2.24, 2.45) is 5.41 Å². The standard InChI is InChI=1S/C12H21N3O2/c1-15(9-11(16)14-7-8-17-2)10-12(3-4-12)5-6-13/h3-5,7-10H2,1-2H3,(H,14,16). The topological polar surface area (TPSA) is 65.4 Å². The van der Waals surface area contributed by atoms with E-state index >= 15 is 0 Å².